The first-order chi connectivity index (χ1) is 12.2. The van der Waals surface area contributed by atoms with Crippen LogP contribution in [0.3, 0.4) is 0 Å². The first-order valence-electron chi connectivity index (χ1n) is 8.01. The van der Waals surface area contributed by atoms with Gasteiger partial charge >= 0.3 is 6.18 Å². The van der Waals surface area contributed by atoms with Gasteiger partial charge in [0.15, 0.2) is 11.4 Å². The van der Waals surface area contributed by atoms with E-state index in [-0.39, 0.29) is 30.9 Å². The van der Waals surface area contributed by atoms with Crippen molar-refractivity contribution in [2.45, 2.75) is 32.1 Å². The van der Waals surface area contributed by atoms with Crippen molar-refractivity contribution >= 4 is 5.91 Å². The SMILES string of the molecule is CC1CN(C(=O)c2nnn(-c3cccc(F)c3)c2C(F)(F)F)CC(C)N1. The van der Waals surface area contributed by atoms with Gasteiger partial charge in [0, 0.05) is 25.2 Å². The Kier molecular flexibility index (Phi) is 4.70. The maximum absolute atomic E-state index is 13.6. The zero-order valence-electron chi connectivity index (χ0n) is 14.1. The van der Waals surface area contributed by atoms with Gasteiger partial charge in [0.2, 0.25) is 0 Å². The predicted octanol–water partition coefficient (Wildman–Crippen LogP) is 2.25. The standard InChI is InChI=1S/C16H17F4N5O/c1-9-7-24(8-10(2)21-9)15(26)13-14(16(18,19)20)25(23-22-13)12-5-3-4-11(17)6-12/h3-6,9-10,21H,7-8H2,1-2H3. The topological polar surface area (TPSA) is 63.1 Å². The molecule has 1 fully saturated rings. The van der Waals surface area contributed by atoms with Crippen LogP contribution < -0.4 is 5.32 Å². The van der Waals surface area contributed by atoms with Crippen LogP contribution in [-0.4, -0.2) is 51.0 Å². The van der Waals surface area contributed by atoms with E-state index < -0.39 is 29.3 Å². The van der Waals surface area contributed by atoms with E-state index in [4.69, 9.17) is 0 Å². The molecule has 0 bridgehead atoms. The zero-order chi connectivity index (χ0) is 19.1. The summed E-state index contributed by atoms with van der Waals surface area (Å²) in [6.07, 6.45) is -4.88. The number of nitrogens with zero attached hydrogens (tertiary/aromatic N) is 4. The van der Waals surface area contributed by atoms with E-state index in [0.717, 1.165) is 12.1 Å². The summed E-state index contributed by atoms with van der Waals surface area (Å²) in [6, 6.07) is 4.39. The van der Waals surface area contributed by atoms with Gasteiger partial charge in [-0.1, -0.05) is 11.3 Å². The van der Waals surface area contributed by atoms with E-state index in [1.165, 1.54) is 17.0 Å². The molecule has 2 atom stereocenters. The van der Waals surface area contributed by atoms with Crippen LogP contribution in [0.4, 0.5) is 17.6 Å². The van der Waals surface area contributed by atoms with E-state index in [2.05, 4.69) is 15.6 Å². The minimum absolute atomic E-state index is 0.0599. The van der Waals surface area contributed by atoms with Gasteiger partial charge in [-0.05, 0) is 32.0 Å². The third-order valence-electron chi connectivity index (χ3n) is 4.04. The quantitative estimate of drug-likeness (QED) is 0.823. The molecule has 2 aromatic rings. The Balaban J connectivity index is 2.04. The molecule has 1 aromatic carbocycles. The Bertz CT molecular complexity index is 809. The number of aromatic nitrogens is 3. The van der Waals surface area contributed by atoms with Gasteiger partial charge in [-0.3, -0.25) is 4.79 Å². The fourth-order valence-corrected chi connectivity index (χ4v) is 3.11. The number of nitrogens with one attached hydrogen (secondary N) is 1. The molecule has 1 aromatic heterocycles. The Labute approximate surface area is 146 Å². The van der Waals surface area contributed by atoms with Crippen LogP contribution in [0, 0.1) is 5.82 Å². The largest absolute Gasteiger partial charge is 0.435 e. The second kappa shape index (κ2) is 6.67. The van der Waals surface area contributed by atoms with Gasteiger partial charge in [0.1, 0.15) is 5.82 Å². The van der Waals surface area contributed by atoms with Crippen LogP contribution in [0.1, 0.15) is 30.0 Å². The fourth-order valence-electron chi connectivity index (χ4n) is 3.11. The van der Waals surface area contributed by atoms with Crippen LogP contribution in [0.2, 0.25) is 0 Å². The molecule has 0 radical (unpaired) electrons. The summed E-state index contributed by atoms with van der Waals surface area (Å²) < 4.78 is 54.7. The molecule has 0 saturated carbocycles. The molecule has 0 aliphatic carbocycles. The number of halogens is 4. The Morgan fingerprint density at radius 2 is 1.88 bits per heavy atom. The van der Waals surface area contributed by atoms with Crippen LogP contribution in [0.15, 0.2) is 24.3 Å². The third-order valence-corrected chi connectivity index (χ3v) is 4.04. The second-order valence-corrected chi connectivity index (χ2v) is 6.35. The smallest absolute Gasteiger partial charge is 0.334 e. The van der Waals surface area contributed by atoms with Gasteiger partial charge < -0.3 is 10.2 Å². The average molecular weight is 371 g/mol. The molecule has 26 heavy (non-hydrogen) atoms. The van der Waals surface area contributed by atoms with Crippen LogP contribution >= 0.6 is 0 Å². The summed E-state index contributed by atoms with van der Waals surface area (Å²) in [5.74, 6) is -1.57. The molecular weight excluding hydrogens is 354 g/mol. The number of carbonyl (C=O) groups excluding carboxylic acids is 1. The minimum Gasteiger partial charge on any atom is -0.334 e. The molecule has 0 spiro atoms. The van der Waals surface area contributed by atoms with Crippen LogP contribution in [0.5, 0.6) is 0 Å². The van der Waals surface area contributed by atoms with Crippen molar-refractivity contribution in [2.24, 2.45) is 0 Å². The molecule has 10 heteroatoms. The molecule has 1 N–H and O–H groups in total. The lowest BCUT2D eigenvalue weighted by Gasteiger charge is -2.35. The van der Waals surface area contributed by atoms with E-state index in [1.54, 1.807) is 0 Å². The lowest BCUT2D eigenvalue weighted by atomic mass is 10.1. The summed E-state index contributed by atoms with van der Waals surface area (Å²) >= 11 is 0. The van der Waals surface area contributed by atoms with Gasteiger partial charge in [-0.2, -0.15) is 13.2 Å². The lowest BCUT2D eigenvalue weighted by Crippen LogP contribution is -2.56. The van der Waals surface area contributed by atoms with Crippen LogP contribution in [-0.2, 0) is 6.18 Å². The number of amides is 1. The van der Waals surface area contributed by atoms with Crippen molar-refractivity contribution in [1.82, 2.24) is 25.2 Å². The molecule has 1 aliphatic rings. The van der Waals surface area contributed by atoms with Gasteiger partial charge in [-0.15, -0.1) is 5.10 Å². The number of hydrogen-bond donors (Lipinski definition) is 1. The monoisotopic (exact) mass is 371 g/mol. The summed E-state index contributed by atoms with van der Waals surface area (Å²) in [4.78, 5) is 14.0. The van der Waals surface area contributed by atoms with Crippen molar-refractivity contribution in [3.05, 3.63) is 41.5 Å². The maximum Gasteiger partial charge on any atom is 0.435 e. The van der Waals surface area contributed by atoms with Gasteiger partial charge in [-0.25, -0.2) is 9.07 Å². The number of carbonyl (C=O) groups is 1. The number of rotatable bonds is 2. The highest BCUT2D eigenvalue weighted by atomic mass is 19.4. The summed E-state index contributed by atoms with van der Waals surface area (Å²) in [6.45, 7) is 4.19. The number of benzene rings is 1. The van der Waals surface area contributed by atoms with Crippen molar-refractivity contribution in [3.63, 3.8) is 0 Å². The molecule has 2 unspecified atom stereocenters. The van der Waals surface area contributed by atoms with Gasteiger partial charge in [0.05, 0.1) is 5.69 Å². The highest BCUT2D eigenvalue weighted by molar-refractivity contribution is 5.93. The molecule has 1 saturated heterocycles. The number of alkyl halides is 3. The average Bonchev–Trinajstić information content (AvgIpc) is 2.98. The Morgan fingerprint density at radius 3 is 2.46 bits per heavy atom. The highest BCUT2D eigenvalue weighted by Gasteiger charge is 2.43. The summed E-state index contributed by atoms with van der Waals surface area (Å²) in [5.41, 5.74) is -2.26. The first kappa shape index (κ1) is 18.3. The highest BCUT2D eigenvalue weighted by Crippen LogP contribution is 2.33. The van der Waals surface area contributed by atoms with Gasteiger partial charge in [0.25, 0.3) is 5.91 Å². The first-order valence-corrected chi connectivity index (χ1v) is 8.01. The minimum atomic E-state index is -4.88. The Morgan fingerprint density at radius 1 is 1.23 bits per heavy atom. The van der Waals surface area contributed by atoms with Crippen molar-refractivity contribution in [2.75, 3.05) is 13.1 Å². The molecule has 1 amide bonds. The van der Waals surface area contributed by atoms with E-state index in [0.29, 0.717) is 4.68 Å². The molecular formula is C16H17F4N5O. The normalized spacial score (nSPS) is 21.1. The van der Waals surface area contributed by atoms with E-state index in [9.17, 15) is 22.4 Å². The molecule has 1 aliphatic heterocycles. The Hall–Kier alpha value is -2.49. The third kappa shape index (κ3) is 3.55. The molecule has 3 rings (SSSR count). The number of hydrogen-bond acceptors (Lipinski definition) is 4. The lowest BCUT2D eigenvalue weighted by molar-refractivity contribution is -0.143. The number of piperazine rings is 1. The summed E-state index contributed by atoms with van der Waals surface area (Å²) in [7, 11) is 0. The van der Waals surface area contributed by atoms with Crippen molar-refractivity contribution in [1.29, 1.82) is 0 Å². The fraction of sp³-hybridized carbons (Fsp3) is 0.438. The predicted molar refractivity (Wildman–Crippen MR) is 84.3 cm³/mol. The van der Waals surface area contributed by atoms with E-state index >= 15 is 0 Å². The molecule has 6 nitrogen and oxygen atoms in total. The van der Waals surface area contributed by atoms with Crippen molar-refractivity contribution in [3.8, 4) is 5.69 Å². The zero-order valence-corrected chi connectivity index (χ0v) is 14.1. The summed E-state index contributed by atoms with van der Waals surface area (Å²) in [5, 5.41) is 10.1. The van der Waals surface area contributed by atoms with Crippen molar-refractivity contribution < 1.29 is 22.4 Å². The van der Waals surface area contributed by atoms with E-state index in [1.807, 2.05) is 13.8 Å². The molecule has 2 heterocycles. The second-order valence-electron chi connectivity index (χ2n) is 6.35. The van der Waals surface area contributed by atoms with Crippen LogP contribution in [0.25, 0.3) is 5.69 Å². The maximum atomic E-state index is 13.6. The molecule has 140 valence electrons.